The zero-order valence-electron chi connectivity index (χ0n) is 17.4. The van der Waals surface area contributed by atoms with Gasteiger partial charge in [-0.3, -0.25) is 9.10 Å². The number of carbonyl (C=O) groups excluding carboxylic acids is 1. The highest BCUT2D eigenvalue weighted by molar-refractivity contribution is 7.92. The van der Waals surface area contributed by atoms with Crippen molar-refractivity contribution < 1.29 is 17.6 Å². The molecule has 0 bridgehead atoms. The van der Waals surface area contributed by atoms with Crippen LogP contribution in [-0.2, 0) is 21.4 Å². The molecular weight excluding hydrogens is 400 g/mol. The number of anilines is 1. The zero-order chi connectivity index (χ0) is 21.7. The molecule has 7 heteroatoms. The van der Waals surface area contributed by atoms with Gasteiger partial charge in [-0.15, -0.1) is 0 Å². The number of aryl methyl sites for hydroxylation is 2. The lowest BCUT2D eigenvalue weighted by molar-refractivity contribution is -0.130. The lowest BCUT2D eigenvalue weighted by Crippen LogP contribution is -2.35. The van der Waals surface area contributed by atoms with Crippen molar-refractivity contribution in [2.75, 3.05) is 17.9 Å². The normalized spacial score (nSPS) is 11.3. The summed E-state index contributed by atoms with van der Waals surface area (Å²) in [7, 11) is -2.12. The van der Waals surface area contributed by atoms with E-state index in [1.807, 2.05) is 32.0 Å². The van der Waals surface area contributed by atoms with Crippen molar-refractivity contribution in [3.63, 3.8) is 0 Å². The van der Waals surface area contributed by atoms with Gasteiger partial charge < -0.3 is 9.32 Å². The van der Waals surface area contributed by atoms with Crippen LogP contribution in [0.2, 0.25) is 0 Å². The van der Waals surface area contributed by atoms with E-state index in [0.717, 1.165) is 11.3 Å². The lowest BCUT2D eigenvalue weighted by Gasteiger charge is -2.25. The largest absolute Gasteiger partial charge is 0.464 e. The quantitative estimate of drug-likeness (QED) is 0.543. The minimum Gasteiger partial charge on any atom is -0.464 e. The molecule has 1 heterocycles. The summed E-state index contributed by atoms with van der Waals surface area (Å²) in [6.45, 7) is 4.13. The number of benzene rings is 2. The Hall–Kier alpha value is -3.06. The molecule has 1 amide bonds. The van der Waals surface area contributed by atoms with Crippen LogP contribution in [0, 0.1) is 13.8 Å². The van der Waals surface area contributed by atoms with Gasteiger partial charge in [-0.1, -0.05) is 35.9 Å². The Labute approximate surface area is 177 Å². The molecule has 0 unspecified atom stereocenters. The van der Waals surface area contributed by atoms with Gasteiger partial charge in [-0.25, -0.2) is 8.42 Å². The van der Waals surface area contributed by atoms with Gasteiger partial charge in [0.15, 0.2) is 0 Å². The zero-order valence-corrected chi connectivity index (χ0v) is 18.2. The van der Waals surface area contributed by atoms with Gasteiger partial charge in [0.2, 0.25) is 5.91 Å². The van der Waals surface area contributed by atoms with E-state index in [9.17, 15) is 13.2 Å². The molecule has 0 aliphatic heterocycles. The number of amides is 1. The fourth-order valence-electron chi connectivity index (χ4n) is 3.10. The number of carbonyl (C=O) groups is 1. The molecule has 0 aliphatic rings. The maximum atomic E-state index is 13.3. The molecule has 0 spiro atoms. The van der Waals surface area contributed by atoms with Crippen LogP contribution in [0.1, 0.15) is 23.5 Å². The van der Waals surface area contributed by atoms with Crippen molar-refractivity contribution >= 4 is 21.6 Å². The maximum Gasteiger partial charge on any atom is 0.264 e. The molecule has 2 aromatic carbocycles. The molecule has 6 nitrogen and oxygen atoms in total. The van der Waals surface area contributed by atoms with Gasteiger partial charge in [0.05, 0.1) is 17.1 Å². The van der Waals surface area contributed by atoms with E-state index < -0.39 is 10.0 Å². The summed E-state index contributed by atoms with van der Waals surface area (Å²) < 4.78 is 33.4. The number of para-hydroxylation sites is 1. The molecule has 0 N–H and O–H groups in total. The standard InChI is InChI=1S/C23H26N2O4S/c1-18-9-13-22(14-10-18)30(27,28)25(20-7-5-4-6-8-20)16-15-23(26)24(3)17-21-12-11-19(2)29-21/h4-14H,15-17H2,1-3H3. The number of nitrogens with zero attached hydrogens (tertiary/aromatic N) is 2. The minimum absolute atomic E-state index is 0.0422. The maximum absolute atomic E-state index is 13.3. The predicted octanol–water partition coefficient (Wildman–Crippen LogP) is 4.14. The lowest BCUT2D eigenvalue weighted by atomic mass is 10.2. The summed E-state index contributed by atoms with van der Waals surface area (Å²) in [6.07, 6.45) is 0.0518. The molecule has 30 heavy (non-hydrogen) atoms. The third kappa shape index (κ3) is 5.10. The van der Waals surface area contributed by atoms with Crippen LogP contribution in [0.3, 0.4) is 0 Å². The Kier molecular flexibility index (Phi) is 6.62. The Morgan fingerprint density at radius 3 is 2.20 bits per heavy atom. The molecule has 158 valence electrons. The third-order valence-corrected chi connectivity index (χ3v) is 6.64. The molecular formula is C23H26N2O4S. The highest BCUT2D eigenvalue weighted by Crippen LogP contribution is 2.24. The first kappa shape index (κ1) is 21.6. The van der Waals surface area contributed by atoms with E-state index in [-0.39, 0.29) is 23.8 Å². The number of sulfonamides is 1. The van der Waals surface area contributed by atoms with Crippen molar-refractivity contribution in [1.29, 1.82) is 0 Å². The van der Waals surface area contributed by atoms with Gasteiger partial charge in [-0.05, 0) is 50.2 Å². The first-order valence-electron chi connectivity index (χ1n) is 9.71. The van der Waals surface area contributed by atoms with E-state index in [4.69, 9.17) is 4.42 Å². The SMILES string of the molecule is Cc1ccc(S(=O)(=O)N(CCC(=O)N(C)Cc2ccc(C)o2)c2ccccc2)cc1. The van der Waals surface area contributed by atoms with Crippen molar-refractivity contribution in [2.24, 2.45) is 0 Å². The summed E-state index contributed by atoms with van der Waals surface area (Å²) in [5.41, 5.74) is 1.50. The number of hydrogen-bond donors (Lipinski definition) is 0. The summed E-state index contributed by atoms with van der Waals surface area (Å²) in [5.74, 6) is 1.31. The topological polar surface area (TPSA) is 70.8 Å². The molecule has 0 atom stereocenters. The van der Waals surface area contributed by atoms with Crippen molar-refractivity contribution in [3.8, 4) is 0 Å². The van der Waals surface area contributed by atoms with E-state index >= 15 is 0 Å². The molecule has 3 aromatic rings. The molecule has 0 saturated heterocycles. The van der Waals surface area contributed by atoms with Crippen molar-refractivity contribution in [1.82, 2.24) is 4.90 Å². The molecule has 0 aliphatic carbocycles. The van der Waals surface area contributed by atoms with Crippen LogP contribution in [-0.4, -0.2) is 32.8 Å². The van der Waals surface area contributed by atoms with Crippen LogP contribution in [0.25, 0.3) is 0 Å². The summed E-state index contributed by atoms with van der Waals surface area (Å²) in [5, 5.41) is 0. The van der Waals surface area contributed by atoms with E-state index in [1.54, 1.807) is 60.5 Å². The second-order valence-electron chi connectivity index (χ2n) is 7.24. The number of furan rings is 1. The van der Waals surface area contributed by atoms with E-state index in [1.165, 1.54) is 4.31 Å². The average molecular weight is 427 g/mol. The summed E-state index contributed by atoms with van der Waals surface area (Å²) >= 11 is 0. The fourth-order valence-corrected chi connectivity index (χ4v) is 4.57. The Morgan fingerprint density at radius 1 is 0.933 bits per heavy atom. The molecule has 1 aromatic heterocycles. The van der Waals surface area contributed by atoms with Gasteiger partial charge in [-0.2, -0.15) is 0 Å². The van der Waals surface area contributed by atoms with Crippen molar-refractivity contribution in [2.45, 2.75) is 31.7 Å². The third-order valence-electron chi connectivity index (χ3n) is 4.80. The highest BCUT2D eigenvalue weighted by atomic mass is 32.2. The van der Waals surface area contributed by atoms with Gasteiger partial charge in [0, 0.05) is 20.0 Å². The molecule has 3 rings (SSSR count). The van der Waals surface area contributed by atoms with Crippen LogP contribution in [0.15, 0.2) is 76.0 Å². The minimum atomic E-state index is -3.80. The predicted molar refractivity (Wildman–Crippen MR) is 117 cm³/mol. The highest BCUT2D eigenvalue weighted by Gasteiger charge is 2.26. The van der Waals surface area contributed by atoms with E-state index in [0.29, 0.717) is 18.0 Å². The number of hydrogen-bond acceptors (Lipinski definition) is 4. The molecule has 0 saturated carbocycles. The Morgan fingerprint density at radius 2 is 1.60 bits per heavy atom. The van der Waals surface area contributed by atoms with Gasteiger partial charge in [0.1, 0.15) is 11.5 Å². The molecule has 0 fully saturated rings. The van der Waals surface area contributed by atoms with Crippen molar-refractivity contribution in [3.05, 3.63) is 83.8 Å². The van der Waals surface area contributed by atoms with Gasteiger partial charge >= 0.3 is 0 Å². The number of rotatable bonds is 8. The molecule has 0 radical (unpaired) electrons. The Balaban J connectivity index is 1.78. The van der Waals surface area contributed by atoms with Crippen LogP contribution < -0.4 is 4.31 Å². The smallest absolute Gasteiger partial charge is 0.264 e. The van der Waals surface area contributed by atoms with E-state index in [2.05, 4.69) is 0 Å². The average Bonchev–Trinajstić information content (AvgIpc) is 3.13. The van der Waals surface area contributed by atoms with Crippen LogP contribution >= 0.6 is 0 Å². The second kappa shape index (κ2) is 9.17. The Bertz CT molecular complexity index is 1090. The first-order valence-corrected chi connectivity index (χ1v) is 11.1. The summed E-state index contributed by atoms with van der Waals surface area (Å²) in [4.78, 5) is 14.4. The van der Waals surface area contributed by atoms with Crippen LogP contribution in [0.4, 0.5) is 5.69 Å². The first-order chi connectivity index (χ1) is 14.3. The second-order valence-corrected chi connectivity index (χ2v) is 9.10. The monoisotopic (exact) mass is 426 g/mol. The fraction of sp³-hybridized carbons (Fsp3) is 0.261. The van der Waals surface area contributed by atoms with Gasteiger partial charge in [0.25, 0.3) is 10.0 Å². The summed E-state index contributed by atoms with van der Waals surface area (Å²) in [6, 6.07) is 19.2. The van der Waals surface area contributed by atoms with Crippen LogP contribution in [0.5, 0.6) is 0 Å².